The summed E-state index contributed by atoms with van der Waals surface area (Å²) < 4.78 is 0. The number of carbonyl (C=O) groups excluding carboxylic acids is 1. The molecule has 0 aromatic carbocycles. The van der Waals surface area contributed by atoms with Crippen LogP contribution in [-0.2, 0) is 0 Å². The first-order valence-electron chi connectivity index (χ1n) is 6.29. The molecule has 0 aromatic rings. The topological polar surface area (TPSA) is 35.6 Å². The van der Waals surface area contributed by atoms with Gasteiger partial charge in [-0.1, -0.05) is 0 Å². The van der Waals surface area contributed by atoms with Crippen LogP contribution in [0.5, 0.6) is 0 Å². The Balaban J connectivity index is 2.01. The van der Waals surface area contributed by atoms with E-state index >= 15 is 0 Å². The lowest BCUT2D eigenvalue weighted by Crippen LogP contribution is -2.48. The van der Waals surface area contributed by atoms with Crippen molar-refractivity contribution in [2.24, 2.45) is 0 Å². The van der Waals surface area contributed by atoms with Gasteiger partial charge in [0.1, 0.15) is 0 Å². The molecule has 4 heteroatoms. The van der Waals surface area contributed by atoms with Gasteiger partial charge in [0.25, 0.3) is 0 Å². The molecule has 2 heterocycles. The number of piperidine rings is 1. The van der Waals surface area contributed by atoms with Gasteiger partial charge in [-0.2, -0.15) is 0 Å². The molecule has 92 valence electrons. The number of rotatable bonds is 1. The predicted octanol–water partition coefficient (Wildman–Crippen LogP) is 1.27. The lowest BCUT2D eigenvalue weighted by Gasteiger charge is -2.34. The minimum Gasteiger partial charge on any atom is -0.320 e. The Morgan fingerprint density at radius 2 is 1.81 bits per heavy atom. The number of hydrogen-bond acceptors (Lipinski definition) is 2. The van der Waals surface area contributed by atoms with E-state index in [2.05, 4.69) is 31.0 Å². The van der Waals surface area contributed by atoms with Gasteiger partial charge in [0, 0.05) is 24.7 Å². The highest BCUT2D eigenvalue weighted by atomic mass is 16.2. The van der Waals surface area contributed by atoms with Crippen LogP contribution in [0.25, 0.3) is 0 Å². The second kappa shape index (κ2) is 4.24. The molecule has 2 saturated heterocycles. The molecular weight excluding hydrogens is 202 g/mol. The summed E-state index contributed by atoms with van der Waals surface area (Å²) >= 11 is 0. The Bertz CT molecular complexity index is 266. The van der Waals surface area contributed by atoms with Crippen molar-refractivity contribution in [3.8, 4) is 0 Å². The van der Waals surface area contributed by atoms with Crippen LogP contribution < -0.4 is 5.32 Å². The van der Waals surface area contributed by atoms with E-state index in [4.69, 9.17) is 0 Å². The maximum Gasteiger partial charge on any atom is 0.320 e. The van der Waals surface area contributed by atoms with Gasteiger partial charge in [-0.3, -0.25) is 0 Å². The number of carbonyl (C=O) groups is 1. The summed E-state index contributed by atoms with van der Waals surface area (Å²) in [4.78, 5) is 16.4. The van der Waals surface area contributed by atoms with E-state index in [-0.39, 0.29) is 11.6 Å². The normalized spacial score (nSPS) is 24.3. The Morgan fingerprint density at radius 1 is 1.19 bits per heavy atom. The largest absolute Gasteiger partial charge is 0.320 e. The minimum absolute atomic E-state index is 0.0429. The number of urea groups is 1. The quantitative estimate of drug-likeness (QED) is 0.729. The molecule has 0 aromatic heterocycles. The molecule has 2 aliphatic heterocycles. The molecule has 2 amide bonds. The summed E-state index contributed by atoms with van der Waals surface area (Å²) in [6.45, 7) is 10.2. The fraction of sp³-hybridized carbons (Fsp3) is 0.917. The van der Waals surface area contributed by atoms with Gasteiger partial charge in [-0.05, 0) is 46.7 Å². The fourth-order valence-corrected chi connectivity index (χ4v) is 2.63. The number of nitrogens with one attached hydrogen (secondary N) is 1. The smallest absolute Gasteiger partial charge is 0.320 e. The molecule has 2 aliphatic rings. The molecule has 0 aliphatic carbocycles. The molecule has 0 unspecified atom stereocenters. The summed E-state index contributed by atoms with van der Waals surface area (Å²) in [7, 11) is 0. The first kappa shape index (κ1) is 11.7. The third kappa shape index (κ3) is 2.17. The first-order valence-corrected chi connectivity index (χ1v) is 6.29. The van der Waals surface area contributed by atoms with E-state index in [1.807, 2.05) is 4.90 Å². The summed E-state index contributed by atoms with van der Waals surface area (Å²) in [5.41, 5.74) is -0.0429. The van der Waals surface area contributed by atoms with Crippen molar-refractivity contribution in [2.45, 2.75) is 45.2 Å². The number of hydrogen-bond donors (Lipinski definition) is 1. The molecule has 0 spiro atoms. The number of amides is 2. The molecule has 0 atom stereocenters. The molecule has 4 nitrogen and oxygen atoms in total. The van der Waals surface area contributed by atoms with Crippen molar-refractivity contribution < 1.29 is 4.79 Å². The average Bonchev–Trinajstić information content (AvgIpc) is 2.61. The molecule has 16 heavy (non-hydrogen) atoms. The molecule has 0 saturated carbocycles. The van der Waals surface area contributed by atoms with Crippen molar-refractivity contribution in [1.29, 1.82) is 0 Å². The highest BCUT2D eigenvalue weighted by Gasteiger charge is 2.38. The number of nitrogens with zero attached hydrogens (tertiary/aromatic N) is 2. The summed E-state index contributed by atoms with van der Waals surface area (Å²) in [6.07, 6.45) is 2.20. The molecule has 2 fully saturated rings. The Morgan fingerprint density at radius 3 is 2.31 bits per heavy atom. The van der Waals surface area contributed by atoms with Gasteiger partial charge in [0.2, 0.25) is 0 Å². The summed E-state index contributed by atoms with van der Waals surface area (Å²) in [5.74, 6) is 0. The van der Waals surface area contributed by atoms with Gasteiger partial charge in [-0.15, -0.1) is 0 Å². The monoisotopic (exact) mass is 225 g/mol. The van der Waals surface area contributed by atoms with Crippen molar-refractivity contribution in [3.05, 3.63) is 0 Å². The maximum atomic E-state index is 12.3. The van der Waals surface area contributed by atoms with Gasteiger partial charge in [-0.25, -0.2) is 4.79 Å². The maximum absolute atomic E-state index is 12.3. The third-order valence-electron chi connectivity index (χ3n) is 3.60. The second-order valence-electron chi connectivity index (χ2n) is 5.78. The van der Waals surface area contributed by atoms with Crippen LogP contribution in [0.4, 0.5) is 4.79 Å². The van der Waals surface area contributed by atoms with Gasteiger partial charge < -0.3 is 15.1 Å². The Labute approximate surface area is 98.0 Å². The fourth-order valence-electron chi connectivity index (χ4n) is 2.63. The van der Waals surface area contributed by atoms with Crippen LogP contribution in [0, 0.1) is 0 Å². The molecule has 0 radical (unpaired) electrons. The zero-order chi connectivity index (χ0) is 11.8. The molecular formula is C12H23N3O. The van der Waals surface area contributed by atoms with E-state index in [1.54, 1.807) is 0 Å². The van der Waals surface area contributed by atoms with E-state index < -0.39 is 0 Å². The molecule has 0 bridgehead atoms. The van der Waals surface area contributed by atoms with Crippen molar-refractivity contribution in [3.63, 3.8) is 0 Å². The van der Waals surface area contributed by atoms with Crippen LogP contribution in [0.15, 0.2) is 0 Å². The minimum atomic E-state index is -0.0429. The third-order valence-corrected chi connectivity index (χ3v) is 3.60. The second-order valence-corrected chi connectivity index (χ2v) is 5.78. The van der Waals surface area contributed by atoms with Crippen LogP contribution in [0.1, 0.15) is 33.6 Å². The van der Waals surface area contributed by atoms with Crippen LogP contribution in [-0.4, -0.2) is 53.6 Å². The standard InChI is InChI=1S/C12H23N3O/c1-12(2,3)15-9-8-14(11(15)16)10-4-6-13-7-5-10/h10,13H,4-9H2,1-3H3. The van der Waals surface area contributed by atoms with E-state index in [1.165, 1.54) is 0 Å². The summed E-state index contributed by atoms with van der Waals surface area (Å²) in [6, 6.07) is 0.695. The molecule has 1 N–H and O–H groups in total. The van der Waals surface area contributed by atoms with E-state index in [0.717, 1.165) is 39.0 Å². The zero-order valence-electron chi connectivity index (χ0n) is 10.6. The van der Waals surface area contributed by atoms with E-state index in [0.29, 0.717) is 6.04 Å². The first-order chi connectivity index (χ1) is 7.50. The Hall–Kier alpha value is -0.770. The highest BCUT2D eigenvalue weighted by Crippen LogP contribution is 2.24. The lowest BCUT2D eigenvalue weighted by molar-refractivity contribution is 0.140. The Kier molecular flexibility index (Phi) is 3.10. The van der Waals surface area contributed by atoms with Gasteiger partial charge in [0.05, 0.1) is 0 Å². The van der Waals surface area contributed by atoms with Crippen molar-refractivity contribution >= 4 is 6.03 Å². The van der Waals surface area contributed by atoms with Crippen LogP contribution >= 0.6 is 0 Å². The average molecular weight is 225 g/mol. The zero-order valence-corrected chi connectivity index (χ0v) is 10.6. The predicted molar refractivity (Wildman–Crippen MR) is 64.5 cm³/mol. The highest BCUT2D eigenvalue weighted by molar-refractivity contribution is 5.77. The van der Waals surface area contributed by atoms with Crippen LogP contribution in [0.2, 0.25) is 0 Å². The lowest BCUT2D eigenvalue weighted by atomic mass is 10.1. The molecule has 2 rings (SSSR count). The summed E-state index contributed by atoms with van der Waals surface area (Å²) in [5, 5.41) is 3.34. The van der Waals surface area contributed by atoms with E-state index in [9.17, 15) is 4.79 Å². The SMILES string of the molecule is CC(C)(C)N1CCN(C2CCNCC2)C1=O. The van der Waals surface area contributed by atoms with Crippen LogP contribution in [0.3, 0.4) is 0 Å². The van der Waals surface area contributed by atoms with Crippen molar-refractivity contribution in [1.82, 2.24) is 15.1 Å². The van der Waals surface area contributed by atoms with Gasteiger partial charge >= 0.3 is 6.03 Å². The van der Waals surface area contributed by atoms with Gasteiger partial charge in [0.15, 0.2) is 0 Å². The van der Waals surface area contributed by atoms with Crippen molar-refractivity contribution in [2.75, 3.05) is 26.2 Å².